The molecule has 0 aliphatic carbocycles. The van der Waals surface area contributed by atoms with E-state index in [4.69, 9.17) is 17.3 Å². The van der Waals surface area contributed by atoms with Crippen molar-refractivity contribution in [3.8, 4) is 0 Å². The molecule has 0 aliphatic heterocycles. The Hall–Kier alpha value is -1.65. The largest absolute Gasteiger partial charge is 0.350 e. The van der Waals surface area contributed by atoms with Gasteiger partial charge in [-0.25, -0.2) is 0 Å². The Morgan fingerprint density at radius 1 is 1.42 bits per heavy atom. The molecule has 0 atom stereocenters. The zero-order valence-electron chi connectivity index (χ0n) is 10.9. The Balaban J connectivity index is 2.35. The molecule has 2 aromatic rings. The second kappa shape index (κ2) is 5.15. The monoisotopic (exact) mass is 277 g/mol. The highest BCUT2D eigenvalue weighted by Crippen LogP contribution is 2.24. The minimum atomic E-state index is -0.453. The highest BCUT2D eigenvalue weighted by atomic mass is 35.5. The van der Waals surface area contributed by atoms with Crippen LogP contribution in [0.1, 0.15) is 24.2 Å². The summed E-state index contributed by atoms with van der Waals surface area (Å²) in [7, 11) is 0. The van der Waals surface area contributed by atoms with Gasteiger partial charge in [-0.1, -0.05) is 11.6 Å². The molecule has 19 heavy (non-hydrogen) atoms. The first kappa shape index (κ1) is 13.8. The van der Waals surface area contributed by atoms with Crippen LogP contribution in [-0.4, -0.2) is 23.0 Å². The lowest BCUT2D eigenvalue weighted by Gasteiger charge is -2.19. The van der Waals surface area contributed by atoms with E-state index in [9.17, 15) is 4.79 Å². The van der Waals surface area contributed by atoms with Crippen molar-refractivity contribution in [1.82, 2.24) is 10.3 Å². The number of nitrogens with two attached hydrogens (primary N) is 1. The van der Waals surface area contributed by atoms with Gasteiger partial charge in [0, 0.05) is 23.7 Å². The Labute approximate surface area is 117 Å². The number of benzene rings is 1. The average molecular weight is 278 g/mol. The number of carbonyl (C=O) groups is 1. The van der Waals surface area contributed by atoms with Gasteiger partial charge in [0.15, 0.2) is 0 Å². The third kappa shape index (κ3) is 3.22. The third-order valence-corrected chi connectivity index (χ3v) is 3.00. The summed E-state index contributed by atoms with van der Waals surface area (Å²) in [4.78, 5) is 16.4. The molecule has 0 aliphatic rings. The second-order valence-electron chi connectivity index (χ2n) is 5.17. The second-order valence-corrected chi connectivity index (χ2v) is 5.57. The number of pyridine rings is 1. The molecule has 1 aromatic heterocycles. The van der Waals surface area contributed by atoms with Crippen LogP contribution in [0.4, 0.5) is 0 Å². The minimum absolute atomic E-state index is 0.195. The topological polar surface area (TPSA) is 68.0 Å². The fraction of sp³-hybridized carbons (Fsp3) is 0.286. The summed E-state index contributed by atoms with van der Waals surface area (Å²) in [5, 5.41) is 4.15. The fourth-order valence-corrected chi connectivity index (χ4v) is 1.94. The molecule has 0 saturated carbocycles. The van der Waals surface area contributed by atoms with Crippen molar-refractivity contribution in [2.75, 3.05) is 6.54 Å². The van der Waals surface area contributed by atoms with Gasteiger partial charge in [0.2, 0.25) is 0 Å². The van der Waals surface area contributed by atoms with Crippen LogP contribution >= 0.6 is 11.6 Å². The number of hydrogen-bond donors (Lipinski definition) is 2. The predicted molar refractivity (Wildman–Crippen MR) is 77.4 cm³/mol. The number of amides is 1. The smallest absolute Gasteiger partial charge is 0.253 e. The molecule has 100 valence electrons. The van der Waals surface area contributed by atoms with E-state index in [0.717, 1.165) is 5.39 Å². The zero-order chi connectivity index (χ0) is 14.0. The lowest BCUT2D eigenvalue weighted by molar-refractivity contribution is 0.0947. The fourth-order valence-electron chi connectivity index (χ4n) is 1.72. The standard InChI is InChI=1S/C14H16ClN3O/c1-14(2,16)8-18-13(19)10-5-6-11(15)9-4-3-7-17-12(9)10/h3-7H,8,16H2,1-2H3,(H,18,19). The van der Waals surface area contributed by atoms with E-state index < -0.39 is 5.54 Å². The Bertz CT molecular complexity index is 620. The van der Waals surface area contributed by atoms with Crippen LogP contribution in [-0.2, 0) is 0 Å². The summed E-state index contributed by atoms with van der Waals surface area (Å²) in [5.41, 5.74) is 6.50. The molecule has 1 aromatic carbocycles. The first-order valence-electron chi connectivity index (χ1n) is 5.99. The molecule has 0 radical (unpaired) electrons. The molecule has 0 unspecified atom stereocenters. The van der Waals surface area contributed by atoms with E-state index in [-0.39, 0.29) is 5.91 Å². The Morgan fingerprint density at radius 2 is 2.16 bits per heavy atom. The number of nitrogens with zero attached hydrogens (tertiary/aromatic N) is 1. The van der Waals surface area contributed by atoms with E-state index in [1.165, 1.54) is 0 Å². The van der Waals surface area contributed by atoms with Crippen LogP contribution in [0.25, 0.3) is 10.9 Å². The molecule has 4 nitrogen and oxygen atoms in total. The van der Waals surface area contributed by atoms with E-state index >= 15 is 0 Å². The maximum Gasteiger partial charge on any atom is 0.253 e. The van der Waals surface area contributed by atoms with Crippen LogP contribution < -0.4 is 11.1 Å². The molecule has 2 rings (SSSR count). The van der Waals surface area contributed by atoms with Gasteiger partial charge in [0.1, 0.15) is 0 Å². The summed E-state index contributed by atoms with van der Waals surface area (Å²) >= 11 is 6.09. The van der Waals surface area contributed by atoms with E-state index in [2.05, 4.69) is 10.3 Å². The van der Waals surface area contributed by atoms with Crippen LogP contribution in [0.2, 0.25) is 5.02 Å². The first-order valence-corrected chi connectivity index (χ1v) is 6.36. The summed E-state index contributed by atoms with van der Waals surface area (Å²) in [6.07, 6.45) is 1.64. The molecule has 0 fully saturated rings. The summed E-state index contributed by atoms with van der Waals surface area (Å²) in [5.74, 6) is -0.195. The molecule has 1 amide bonds. The molecule has 0 saturated heterocycles. The molecule has 5 heteroatoms. The van der Waals surface area contributed by atoms with E-state index in [1.807, 2.05) is 19.9 Å². The predicted octanol–water partition coefficient (Wildman–Crippen LogP) is 2.36. The van der Waals surface area contributed by atoms with Gasteiger partial charge in [-0.3, -0.25) is 9.78 Å². The lowest BCUT2D eigenvalue weighted by atomic mass is 10.1. The minimum Gasteiger partial charge on any atom is -0.350 e. The van der Waals surface area contributed by atoms with Gasteiger partial charge in [0.05, 0.1) is 16.1 Å². The van der Waals surface area contributed by atoms with E-state index in [0.29, 0.717) is 22.6 Å². The van der Waals surface area contributed by atoms with Crippen molar-refractivity contribution in [1.29, 1.82) is 0 Å². The van der Waals surface area contributed by atoms with Gasteiger partial charge in [0.25, 0.3) is 5.91 Å². The van der Waals surface area contributed by atoms with Crippen molar-refractivity contribution in [2.24, 2.45) is 5.73 Å². The number of carbonyl (C=O) groups excluding carboxylic acids is 1. The Morgan fingerprint density at radius 3 is 2.84 bits per heavy atom. The highest BCUT2D eigenvalue weighted by molar-refractivity contribution is 6.36. The number of halogens is 1. The number of aromatic nitrogens is 1. The maximum atomic E-state index is 12.2. The van der Waals surface area contributed by atoms with Gasteiger partial charge in [-0.15, -0.1) is 0 Å². The summed E-state index contributed by atoms with van der Waals surface area (Å²) in [6, 6.07) is 7.01. The SMILES string of the molecule is CC(C)(N)CNC(=O)c1ccc(Cl)c2cccnc12. The Kier molecular flexibility index (Phi) is 3.73. The normalized spacial score (nSPS) is 11.6. The highest BCUT2D eigenvalue weighted by Gasteiger charge is 2.16. The first-order chi connectivity index (χ1) is 8.88. The number of hydrogen-bond acceptors (Lipinski definition) is 3. The van der Waals surface area contributed by atoms with Crippen LogP contribution in [0.5, 0.6) is 0 Å². The number of fused-ring (bicyclic) bond motifs is 1. The lowest BCUT2D eigenvalue weighted by Crippen LogP contribution is -2.45. The third-order valence-electron chi connectivity index (χ3n) is 2.67. The van der Waals surface area contributed by atoms with Gasteiger partial charge in [-0.05, 0) is 38.1 Å². The van der Waals surface area contributed by atoms with Gasteiger partial charge >= 0.3 is 0 Å². The maximum absolute atomic E-state index is 12.2. The van der Waals surface area contributed by atoms with Crippen LogP contribution in [0, 0.1) is 0 Å². The van der Waals surface area contributed by atoms with Crippen molar-refractivity contribution in [3.05, 3.63) is 41.0 Å². The molecule has 0 spiro atoms. The van der Waals surface area contributed by atoms with E-state index in [1.54, 1.807) is 24.4 Å². The van der Waals surface area contributed by atoms with Crippen molar-refractivity contribution < 1.29 is 4.79 Å². The summed E-state index contributed by atoms with van der Waals surface area (Å²) in [6.45, 7) is 4.10. The van der Waals surface area contributed by atoms with Gasteiger partial charge < -0.3 is 11.1 Å². The summed E-state index contributed by atoms with van der Waals surface area (Å²) < 4.78 is 0. The quantitative estimate of drug-likeness (QED) is 0.905. The van der Waals surface area contributed by atoms with Crippen molar-refractivity contribution >= 4 is 28.4 Å². The zero-order valence-corrected chi connectivity index (χ0v) is 11.7. The van der Waals surface area contributed by atoms with Crippen LogP contribution in [0.15, 0.2) is 30.5 Å². The van der Waals surface area contributed by atoms with Crippen molar-refractivity contribution in [2.45, 2.75) is 19.4 Å². The molecule has 3 N–H and O–H groups in total. The average Bonchev–Trinajstić information content (AvgIpc) is 2.36. The van der Waals surface area contributed by atoms with Crippen LogP contribution in [0.3, 0.4) is 0 Å². The molecular weight excluding hydrogens is 262 g/mol. The van der Waals surface area contributed by atoms with Gasteiger partial charge in [-0.2, -0.15) is 0 Å². The number of nitrogens with one attached hydrogen (secondary N) is 1. The molecule has 1 heterocycles. The molecule has 0 bridgehead atoms. The molecular formula is C14H16ClN3O. The van der Waals surface area contributed by atoms with Crippen molar-refractivity contribution in [3.63, 3.8) is 0 Å². The number of rotatable bonds is 3.